The molecular weight excluding hydrogens is 344 g/mol. The molecule has 0 bridgehead atoms. The van der Waals surface area contributed by atoms with Gasteiger partial charge in [-0.25, -0.2) is 4.98 Å². The minimum absolute atomic E-state index is 0.729. The number of pyridine rings is 1. The first-order chi connectivity index (χ1) is 12.8. The largest absolute Gasteiger partial charge is 0.369 e. The first-order valence-electron chi connectivity index (χ1n) is 8.92. The number of nitrogens with one attached hydrogen (secondary N) is 2. The third-order valence-corrected chi connectivity index (χ3v) is 5.44. The maximum absolute atomic E-state index is 6.41. The molecular formula is C21H19ClN4. The molecule has 1 aliphatic rings. The highest BCUT2D eigenvalue weighted by Crippen LogP contribution is 2.33. The van der Waals surface area contributed by atoms with Crippen molar-refractivity contribution >= 4 is 39.2 Å². The van der Waals surface area contributed by atoms with E-state index >= 15 is 0 Å². The van der Waals surface area contributed by atoms with Crippen molar-refractivity contribution in [3.05, 3.63) is 59.8 Å². The molecule has 0 amide bonds. The highest BCUT2D eigenvalue weighted by atomic mass is 35.5. The van der Waals surface area contributed by atoms with Gasteiger partial charge in [-0.15, -0.1) is 0 Å². The van der Waals surface area contributed by atoms with Crippen LogP contribution >= 0.6 is 11.6 Å². The number of nitrogens with zero attached hydrogens (tertiary/aromatic N) is 2. The fourth-order valence-electron chi connectivity index (χ4n) is 3.74. The van der Waals surface area contributed by atoms with E-state index in [0.29, 0.717) is 0 Å². The lowest BCUT2D eigenvalue weighted by Crippen LogP contribution is -2.43. The van der Waals surface area contributed by atoms with Crippen molar-refractivity contribution in [1.29, 1.82) is 0 Å². The zero-order chi connectivity index (χ0) is 17.5. The van der Waals surface area contributed by atoms with Crippen molar-refractivity contribution in [2.45, 2.75) is 0 Å². The second-order valence-corrected chi connectivity index (χ2v) is 7.09. The normalized spacial score (nSPS) is 15.0. The van der Waals surface area contributed by atoms with Crippen molar-refractivity contribution in [2.75, 3.05) is 31.1 Å². The number of anilines is 1. The average molecular weight is 363 g/mol. The summed E-state index contributed by atoms with van der Waals surface area (Å²) in [4.78, 5) is 10.2. The molecule has 0 aliphatic carbocycles. The van der Waals surface area contributed by atoms with Crippen molar-refractivity contribution < 1.29 is 0 Å². The summed E-state index contributed by atoms with van der Waals surface area (Å²) >= 11 is 6.41. The van der Waals surface area contributed by atoms with Gasteiger partial charge in [0.2, 0.25) is 0 Å². The molecule has 2 aromatic heterocycles. The van der Waals surface area contributed by atoms with Gasteiger partial charge in [-0.1, -0.05) is 29.8 Å². The van der Waals surface area contributed by atoms with Gasteiger partial charge in [0.15, 0.2) is 0 Å². The minimum Gasteiger partial charge on any atom is -0.369 e. The average Bonchev–Trinajstić information content (AvgIpc) is 3.08. The summed E-state index contributed by atoms with van der Waals surface area (Å²) in [5.41, 5.74) is 5.57. The summed E-state index contributed by atoms with van der Waals surface area (Å²) in [5, 5.41) is 6.23. The van der Waals surface area contributed by atoms with Crippen molar-refractivity contribution in [1.82, 2.24) is 15.3 Å². The highest BCUT2D eigenvalue weighted by Gasteiger charge is 2.12. The fourth-order valence-corrected chi connectivity index (χ4v) is 3.99. The van der Waals surface area contributed by atoms with Crippen molar-refractivity contribution in [2.24, 2.45) is 0 Å². The number of aromatic amines is 1. The highest BCUT2D eigenvalue weighted by molar-refractivity contribution is 6.37. The van der Waals surface area contributed by atoms with Crippen LogP contribution in [0.25, 0.3) is 33.1 Å². The molecule has 0 saturated carbocycles. The number of hydrogen-bond acceptors (Lipinski definition) is 3. The molecule has 3 heterocycles. The smallest absolute Gasteiger partial charge is 0.139 e. The molecule has 26 heavy (non-hydrogen) atoms. The number of H-pyrrole nitrogens is 1. The van der Waals surface area contributed by atoms with Crippen LogP contribution in [0.2, 0.25) is 5.02 Å². The van der Waals surface area contributed by atoms with Crippen LogP contribution < -0.4 is 10.2 Å². The van der Waals surface area contributed by atoms with Gasteiger partial charge in [0, 0.05) is 54.4 Å². The summed E-state index contributed by atoms with van der Waals surface area (Å²) in [6.45, 7) is 4.22. The first kappa shape index (κ1) is 15.7. The van der Waals surface area contributed by atoms with Gasteiger partial charge in [0.1, 0.15) is 5.65 Å². The number of hydrogen-bond donors (Lipinski definition) is 2. The van der Waals surface area contributed by atoms with Crippen LogP contribution in [-0.4, -0.2) is 36.1 Å². The first-order valence-corrected chi connectivity index (χ1v) is 9.29. The topological polar surface area (TPSA) is 44.0 Å². The fraction of sp³-hybridized carbons (Fsp3) is 0.190. The van der Waals surface area contributed by atoms with Crippen LogP contribution in [0.1, 0.15) is 0 Å². The monoisotopic (exact) mass is 362 g/mol. The lowest BCUT2D eigenvalue weighted by Gasteiger charge is -2.29. The van der Waals surface area contributed by atoms with Crippen molar-refractivity contribution in [3.8, 4) is 11.1 Å². The Hall–Kier alpha value is -2.56. The van der Waals surface area contributed by atoms with Gasteiger partial charge in [-0.2, -0.15) is 0 Å². The van der Waals surface area contributed by atoms with E-state index in [1.165, 1.54) is 16.8 Å². The van der Waals surface area contributed by atoms with E-state index in [1.54, 1.807) is 6.20 Å². The Kier molecular flexibility index (Phi) is 3.80. The van der Waals surface area contributed by atoms with Crippen LogP contribution in [0.5, 0.6) is 0 Å². The molecule has 0 atom stereocenters. The molecule has 2 aromatic carbocycles. The van der Waals surface area contributed by atoms with E-state index in [9.17, 15) is 0 Å². The lowest BCUT2D eigenvalue weighted by molar-refractivity contribution is 0.589. The van der Waals surface area contributed by atoms with E-state index in [-0.39, 0.29) is 0 Å². The summed E-state index contributed by atoms with van der Waals surface area (Å²) in [7, 11) is 0. The van der Waals surface area contributed by atoms with Gasteiger partial charge in [-0.05, 0) is 41.5 Å². The van der Waals surface area contributed by atoms with Crippen molar-refractivity contribution in [3.63, 3.8) is 0 Å². The third kappa shape index (κ3) is 2.62. The molecule has 0 unspecified atom stereocenters. The maximum Gasteiger partial charge on any atom is 0.139 e. The molecule has 4 aromatic rings. The van der Waals surface area contributed by atoms with E-state index in [1.807, 2.05) is 6.07 Å². The number of rotatable bonds is 2. The number of benzene rings is 2. The molecule has 1 fully saturated rings. The Balaban J connectivity index is 1.55. The van der Waals surface area contributed by atoms with Crippen LogP contribution in [0.15, 0.2) is 54.7 Å². The Labute approximate surface area is 156 Å². The van der Waals surface area contributed by atoms with Crippen LogP contribution in [-0.2, 0) is 0 Å². The zero-order valence-corrected chi connectivity index (χ0v) is 15.1. The Morgan fingerprint density at radius 3 is 2.50 bits per heavy atom. The predicted octanol–water partition coefficient (Wildman–Crippen LogP) is 4.45. The molecule has 1 saturated heterocycles. The van der Waals surface area contributed by atoms with Gasteiger partial charge in [-0.3, -0.25) is 0 Å². The summed E-state index contributed by atoms with van der Waals surface area (Å²) in [6.07, 6.45) is 1.73. The number of halogens is 1. The van der Waals surface area contributed by atoms with E-state index in [2.05, 4.69) is 62.6 Å². The van der Waals surface area contributed by atoms with E-state index in [0.717, 1.165) is 53.1 Å². The Bertz CT molecular complexity index is 1080. The quantitative estimate of drug-likeness (QED) is 0.554. The van der Waals surface area contributed by atoms with Gasteiger partial charge >= 0.3 is 0 Å². The van der Waals surface area contributed by atoms with Crippen LogP contribution in [0.3, 0.4) is 0 Å². The SMILES string of the molecule is Clc1ccnc2[nH]c3ccc(-c4ccc(N5CCNCC5)cc4)cc3c12. The summed E-state index contributed by atoms with van der Waals surface area (Å²) in [6, 6.07) is 17.1. The Morgan fingerprint density at radius 2 is 1.69 bits per heavy atom. The second kappa shape index (κ2) is 6.31. The molecule has 130 valence electrons. The second-order valence-electron chi connectivity index (χ2n) is 6.69. The molecule has 1 aliphatic heterocycles. The number of fused-ring (bicyclic) bond motifs is 3. The van der Waals surface area contributed by atoms with Gasteiger partial charge in [0.05, 0.1) is 5.02 Å². The van der Waals surface area contributed by atoms with Gasteiger partial charge < -0.3 is 15.2 Å². The van der Waals surface area contributed by atoms with Crippen LogP contribution in [0, 0.1) is 0 Å². The molecule has 2 N–H and O–H groups in total. The third-order valence-electron chi connectivity index (χ3n) is 5.12. The lowest BCUT2D eigenvalue weighted by atomic mass is 10.0. The minimum atomic E-state index is 0.729. The van der Waals surface area contributed by atoms with Gasteiger partial charge in [0.25, 0.3) is 0 Å². The molecule has 4 nitrogen and oxygen atoms in total. The summed E-state index contributed by atoms with van der Waals surface area (Å²) < 4.78 is 0. The number of piperazine rings is 1. The van der Waals surface area contributed by atoms with E-state index < -0.39 is 0 Å². The number of aromatic nitrogens is 2. The predicted molar refractivity (Wildman–Crippen MR) is 109 cm³/mol. The molecule has 0 spiro atoms. The summed E-state index contributed by atoms with van der Waals surface area (Å²) in [5.74, 6) is 0. The molecule has 5 rings (SSSR count). The Morgan fingerprint density at radius 1 is 0.923 bits per heavy atom. The maximum atomic E-state index is 6.41. The molecule has 5 heteroatoms. The standard InChI is InChI=1S/C21H19ClN4/c22-18-7-8-24-21-20(18)17-13-15(3-6-19(17)25-21)14-1-4-16(5-2-14)26-11-9-23-10-12-26/h1-8,13,23H,9-12H2,(H,24,25). The molecule has 0 radical (unpaired) electrons. The van der Waals surface area contributed by atoms with E-state index in [4.69, 9.17) is 11.6 Å². The zero-order valence-electron chi connectivity index (χ0n) is 14.3. The van der Waals surface area contributed by atoms with Crippen LogP contribution in [0.4, 0.5) is 5.69 Å².